The first-order chi connectivity index (χ1) is 20.6. The predicted octanol–water partition coefficient (Wildman–Crippen LogP) is 4.37. The number of aromatic amines is 1. The Labute approximate surface area is 246 Å². The van der Waals surface area contributed by atoms with E-state index in [9.17, 15) is 19.8 Å². The topological polar surface area (TPSA) is 143 Å². The van der Waals surface area contributed by atoms with E-state index in [1.165, 1.54) is 7.11 Å². The van der Waals surface area contributed by atoms with Crippen molar-refractivity contribution in [2.24, 2.45) is 0 Å². The van der Waals surface area contributed by atoms with Crippen molar-refractivity contribution >= 4 is 33.5 Å². The average Bonchev–Trinajstić information content (AvgIpc) is 3.43. The summed E-state index contributed by atoms with van der Waals surface area (Å²) >= 11 is 0. The summed E-state index contributed by atoms with van der Waals surface area (Å²) in [4.78, 5) is 29.2. The molecular formula is C33H32N2O8. The van der Waals surface area contributed by atoms with E-state index in [0.717, 1.165) is 16.5 Å². The lowest BCUT2D eigenvalue weighted by atomic mass is 9.89. The van der Waals surface area contributed by atoms with Crippen LogP contribution in [0.5, 0.6) is 5.75 Å². The predicted molar refractivity (Wildman–Crippen MR) is 160 cm³/mol. The number of aliphatic hydroxyl groups excluding tert-OH is 2. The fourth-order valence-corrected chi connectivity index (χ4v) is 5.60. The maximum Gasteiger partial charge on any atom is 0.360 e. The zero-order valence-corrected chi connectivity index (χ0v) is 23.9. The number of nitrogens with one attached hydrogen (secondary N) is 2. The van der Waals surface area contributed by atoms with Crippen molar-refractivity contribution in [2.45, 2.75) is 50.5 Å². The first-order valence-corrected chi connectivity index (χ1v) is 13.9. The van der Waals surface area contributed by atoms with E-state index >= 15 is 0 Å². The largest absolute Gasteiger partial charge is 0.462 e. The second-order valence-corrected chi connectivity index (χ2v) is 11.1. The van der Waals surface area contributed by atoms with E-state index in [4.69, 9.17) is 18.6 Å². The van der Waals surface area contributed by atoms with Crippen LogP contribution in [0, 0.1) is 0 Å². The van der Waals surface area contributed by atoms with Crippen LogP contribution < -0.4 is 15.7 Å². The normalized spacial score (nSPS) is 21.6. The fraction of sp³-hybridized carbons (Fsp3) is 0.273. The molecule has 1 fully saturated rings. The highest BCUT2D eigenvalue weighted by Gasteiger charge is 2.50. The minimum atomic E-state index is -1.41. The van der Waals surface area contributed by atoms with Gasteiger partial charge in [0.05, 0.1) is 5.60 Å². The van der Waals surface area contributed by atoms with Gasteiger partial charge in [0.25, 0.3) is 5.91 Å². The number of ether oxygens (including phenoxy) is 3. The average molecular weight is 585 g/mol. The number of hydrogen-bond donors (Lipinski definition) is 4. The quantitative estimate of drug-likeness (QED) is 0.207. The summed E-state index contributed by atoms with van der Waals surface area (Å²) in [5.74, 6) is -0.177. The number of benzene rings is 3. The van der Waals surface area contributed by atoms with Crippen molar-refractivity contribution in [3.63, 3.8) is 0 Å². The van der Waals surface area contributed by atoms with Crippen LogP contribution in [0.3, 0.4) is 0 Å². The van der Waals surface area contributed by atoms with E-state index in [-0.39, 0.29) is 11.3 Å². The molecule has 4 atom stereocenters. The van der Waals surface area contributed by atoms with Gasteiger partial charge in [-0.1, -0.05) is 48.5 Å². The first-order valence-electron chi connectivity index (χ1n) is 13.9. The summed E-state index contributed by atoms with van der Waals surface area (Å²) in [6.07, 6.45) is -4.36. The minimum Gasteiger partial charge on any atom is -0.462 e. The van der Waals surface area contributed by atoms with Crippen molar-refractivity contribution in [1.29, 1.82) is 0 Å². The number of hydrogen-bond acceptors (Lipinski definition) is 8. The number of carbonyl (C=O) groups is 1. The van der Waals surface area contributed by atoms with Crippen LogP contribution in [0.1, 0.15) is 35.5 Å². The number of amides is 1. The molecule has 222 valence electrons. The zero-order valence-electron chi connectivity index (χ0n) is 23.9. The number of aliphatic hydroxyl groups is 2. The molecule has 0 bridgehead atoms. The van der Waals surface area contributed by atoms with Crippen molar-refractivity contribution in [3.8, 4) is 5.75 Å². The Morgan fingerprint density at radius 2 is 1.72 bits per heavy atom. The smallest absolute Gasteiger partial charge is 0.360 e. The van der Waals surface area contributed by atoms with Gasteiger partial charge in [0.1, 0.15) is 41.0 Å². The Kier molecular flexibility index (Phi) is 7.53. The molecule has 43 heavy (non-hydrogen) atoms. The molecule has 3 aromatic carbocycles. The molecule has 4 N–H and O–H groups in total. The number of anilines is 1. The number of H-pyrrole nitrogens is 1. The molecule has 0 unspecified atom stereocenters. The standard InChI is InChI=1S/C33H32N2O8/c1-33(2)29(40-3)26(36)27(37)32(43-33)41-25-14-13-20-17-24(35-30(38)23-16-19-11-7-8-12-22(19)34-23)31(39)42-28(20)21(25)15-18-9-5-4-6-10-18/h4-14,16-17,26-27,29,32,34,36-37H,15H2,1-3H3,(H,35,38)/t26-,27+,29+,32+/m0/s1. The number of para-hydroxylation sites is 1. The van der Waals surface area contributed by atoms with E-state index in [1.807, 2.05) is 54.6 Å². The summed E-state index contributed by atoms with van der Waals surface area (Å²) in [5, 5.41) is 25.6. The van der Waals surface area contributed by atoms with E-state index < -0.39 is 41.7 Å². The van der Waals surface area contributed by atoms with Gasteiger partial charge in [-0.25, -0.2) is 4.79 Å². The van der Waals surface area contributed by atoms with Gasteiger partial charge in [-0.3, -0.25) is 4.79 Å². The molecule has 0 saturated carbocycles. The van der Waals surface area contributed by atoms with Gasteiger partial charge in [0, 0.05) is 35.4 Å². The Balaban J connectivity index is 1.36. The second kappa shape index (κ2) is 11.3. The van der Waals surface area contributed by atoms with Gasteiger partial charge in [0.15, 0.2) is 0 Å². The molecule has 1 amide bonds. The van der Waals surface area contributed by atoms with Gasteiger partial charge in [-0.15, -0.1) is 0 Å². The van der Waals surface area contributed by atoms with Crippen molar-refractivity contribution < 1.29 is 33.6 Å². The van der Waals surface area contributed by atoms with E-state index in [2.05, 4.69) is 10.3 Å². The number of rotatable bonds is 7. The highest BCUT2D eigenvalue weighted by molar-refractivity contribution is 6.06. The molecule has 2 aromatic heterocycles. The zero-order chi connectivity index (χ0) is 30.3. The highest BCUT2D eigenvalue weighted by Crippen LogP contribution is 2.36. The lowest BCUT2D eigenvalue weighted by molar-refractivity contribution is -0.306. The fourth-order valence-electron chi connectivity index (χ4n) is 5.60. The maximum absolute atomic E-state index is 13.2. The molecule has 0 spiro atoms. The monoisotopic (exact) mass is 584 g/mol. The third-order valence-corrected chi connectivity index (χ3v) is 7.75. The summed E-state index contributed by atoms with van der Waals surface area (Å²) in [5.41, 5.74) is 1.09. The molecular weight excluding hydrogens is 552 g/mol. The number of fused-ring (bicyclic) bond motifs is 2. The molecule has 6 rings (SSSR count). The molecule has 3 heterocycles. The SMILES string of the molecule is CO[C@@H]1[C@@H](O)[C@@H](O)[C@H](Oc2ccc3cc(NC(=O)c4cc5ccccc5[nH]4)c(=O)oc3c2Cc2ccccc2)OC1(C)C. The molecule has 1 aliphatic rings. The molecule has 0 aliphatic carbocycles. The minimum absolute atomic E-state index is 0.0167. The second-order valence-electron chi connectivity index (χ2n) is 11.1. The third kappa shape index (κ3) is 5.53. The summed E-state index contributed by atoms with van der Waals surface area (Å²) in [6, 6.07) is 23.7. The van der Waals surface area contributed by atoms with Crippen LogP contribution in [0.2, 0.25) is 0 Å². The van der Waals surface area contributed by atoms with Crippen LogP contribution in [-0.2, 0) is 15.9 Å². The first kappa shape index (κ1) is 28.6. The van der Waals surface area contributed by atoms with Gasteiger partial charge in [-0.05, 0) is 49.7 Å². The molecule has 10 nitrogen and oxygen atoms in total. The summed E-state index contributed by atoms with van der Waals surface area (Å²) in [6.45, 7) is 3.48. The maximum atomic E-state index is 13.2. The van der Waals surface area contributed by atoms with E-state index in [1.54, 1.807) is 38.1 Å². The van der Waals surface area contributed by atoms with Crippen molar-refractivity contribution in [2.75, 3.05) is 12.4 Å². The van der Waals surface area contributed by atoms with Gasteiger partial charge >= 0.3 is 5.63 Å². The van der Waals surface area contributed by atoms with Crippen LogP contribution in [0.25, 0.3) is 21.9 Å². The van der Waals surface area contributed by atoms with Gasteiger partial charge < -0.3 is 39.1 Å². The lowest BCUT2D eigenvalue weighted by Gasteiger charge is -2.46. The van der Waals surface area contributed by atoms with Crippen LogP contribution >= 0.6 is 0 Å². The molecule has 1 aliphatic heterocycles. The molecule has 0 radical (unpaired) electrons. The molecule has 10 heteroatoms. The Morgan fingerprint density at radius 1 is 0.977 bits per heavy atom. The number of methoxy groups -OCH3 is 1. The van der Waals surface area contributed by atoms with Crippen molar-refractivity contribution in [3.05, 3.63) is 106 Å². The lowest BCUT2D eigenvalue weighted by Crippen LogP contribution is -2.63. The Morgan fingerprint density at radius 3 is 2.47 bits per heavy atom. The van der Waals surface area contributed by atoms with Crippen molar-refractivity contribution in [1.82, 2.24) is 4.98 Å². The van der Waals surface area contributed by atoms with Crippen LogP contribution in [-0.4, -0.2) is 58.4 Å². The summed E-state index contributed by atoms with van der Waals surface area (Å²) < 4.78 is 23.4. The number of aromatic nitrogens is 1. The van der Waals surface area contributed by atoms with Gasteiger partial charge in [0.2, 0.25) is 6.29 Å². The Bertz CT molecular complexity index is 1810. The van der Waals surface area contributed by atoms with Crippen LogP contribution in [0.15, 0.2) is 88.1 Å². The molecule has 5 aromatic rings. The highest BCUT2D eigenvalue weighted by atomic mass is 16.7. The Hall–Kier alpha value is -4.48. The van der Waals surface area contributed by atoms with E-state index in [0.29, 0.717) is 28.8 Å². The third-order valence-electron chi connectivity index (χ3n) is 7.75. The van der Waals surface area contributed by atoms with Gasteiger partial charge in [-0.2, -0.15) is 0 Å². The number of carbonyl (C=O) groups excluding carboxylic acids is 1. The van der Waals surface area contributed by atoms with Crippen LogP contribution in [0.4, 0.5) is 5.69 Å². The summed E-state index contributed by atoms with van der Waals surface area (Å²) in [7, 11) is 1.44. The molecule has 1 saturated heterocycles.